The summed E-state index contributed by atoms with van der Waals surface area (Å²) in [6.45, 7) is 0.693. The van der Waals surface area contributed by atoms with Gasteiger partial charge in [-0.15, -0.1) is 11.8 Å². The van der Waals surface area contributed by atoms with Crippen LogP contribution >= 0.6 is 11.8 Å². The number of aliphatic hydroxyl groups excluding tert-OH is 2. The normalized spacial score (nSPS) is 16.1. The van der Waals surface area contributed by atoms with E-state index in [1.54, 1.807) is 35.2 Å². The number of hydrogen-bond donors (Lipinski definition) is 2. The number of carbonyl (C=O) groups is 1. The molecule has 1 fully saturated rings. The molecule has 0 spiro atoms. The molecule has 1 saturated heterocycles. The zero-order chi connectivity index (χ0) is 22.1. The van der Waals surface area contributed by atoms with Gasteiger partial charge in [0.2, 0.25) is 0 Å². The maximum atomic E-state index is 13.1. The van der Waals surface area contributed by atoms with E-state index >= 15 is 0 Å². The lowest BCUT2D eigenvalue weighted by atomic mass is 10.2. The van der Waals surface area contributed by atoms with Crippen molar-refractivity contribution in [2.45, 2.75) is 29.3 Å². The number of ether oxygens (including phenoxy) is 1. The monoisotopic (exact) mass is 443 g/mol. The van der Waals surface area contributed by atoms with Gasteiger partial charge in [0.15, 0.2) is 6.61 Å². The lowest BCUT2D eigenvalue weighted by molar-refractivity contribution is -0.139. The van der Waals surface area contributed by atoms with Crippen molar-refractivity contribution < 1.29 is 32.9 Å². The van der Waals surface area contributed by atoms with Crippen molar-refractivity contribution in [2.75, 3.05) is 26.8 Å². The lowest BCUT2D eigenvalue weighted by Gasteiger charge is -2.18. The third-order valence-corrected chi connectivity index (χ3v) is 5.78. The Bertz CT molecular complexity index is 815. The predicted molar refractivity (Wildman–Crippen MR) is 108 cm³/mol. The van der Waals surface area contributed by atoms with Gasteiger partial charge < -0.3 is 19.8 Å². The third-order valence-electron chi connectivity index (χ3n) is 4.45. The van der Waals surface area contributed by atoms with Crippen LogP contribution < -0.4 is 4.74 Å². The highest BCUT2D eigenvalue weighted by molar-refractivity contribution is 8.00. The summed E-state index contributed by atoms with van der Waals surface area (Å²) in [5.74, 6) is 0.327. The van der Waals surface area contributed by atoms with Gasteiger partial charge in [-0.05, 0) is 36.2 Å². The van der Waals surface area contributed by atoms with Crippen LogP contribution in [0.3, 0.4) is 0 Å². The maximum Gasteiger partial charge on any atom is 0.417 e. The number of amides is 1. The lowest BCUT2D eigenvalue weighted by Crippen LogP contribution is -2.33. The molecule has 1 amide bonds. The van der Waals surface area contributed by atoms with E-state index < -0.39 is 11.7 Å². The van der Waals surface area contributed by atoms with Crippen LogP contribution in [0.25, 0.3) is 0 Å². The number of benzene rings is 2. The van der Waals surface area contributed by atoms with E-state index in [4.69, 9.17) is 14.9 Å². The highest BCUT2D eigenvalue weighted by atomic mass is 32.2. The van der Waals surface area contributed by atoms with Crippen molar-refractivity contribution >= 4 is 17.7 Å². The van der Waals surface area contributed by atoms with Crippen LogP contribution in [0.2, 0.25) is 0 Å². The number of rotatable bonds is 6. The van der Waals surface area contributed by atoms with E-state index in [1.165, 1.54) is 23.9 Å². The van der Waals surface area contributed by atoms with E-state index in [-0.39, 0.29) is 29.3 Å². The summed E-state index contributed by atoms with van der Waals surface area (Å²) in [5.41, 5.74) is 0.108. The molecule has 1 heterocycles. The molecule has 164 valence electrons. The molecule has 1 atom stereocenters. The van der Waals surface area contributed by atoms with Gasteiger partial charge in [-0.3, -0.25) is 4.79 Å². The van der Waals surface area contributed by atoms with Crippen molar-refractivity contribution in [2.24, 2.45) is 0 Å². The average Bonchev–Trinajstić information content (AvgIpc) is 3.22. The predicted octanol–water partition coefficient (Wildman–Crippen LogP) is 3.58. The molecular formula is C21H24F3NO4S. The minimum absolute atomic E-state index is 0.0660. The number of aliphatic hydroxyl groups is 2. The molecule has 5 nitrogen and oxygen atoms in total. The van der Waals surface area contributed by atoms with Crippen LogP contribution in [0.5, 0.6) is 5.75 Å². The average molecular weight is 443 g/mol. The van der Waals surface area contributed by atoms with Crippen molar-refractivity contribution in [3.8, 4) is 5.75 Å². The van der Waals surface area contributed by atoms with Crippen molar-refractivity contribution in [1.82, 2.24) is 4.90 Å². The first kappa shape index (κ1) is 24.0. The van der Waals surface area contributed by atoms with Crippen LogP contribution in [-0.4, -0.2) is 53.1 Å². The second-order valence-electron chi connectivity index (χ2n) is 6.45. The van der Waals surface area contributed by atoms with Gasteiger partial charge in [-0.1, -0.05) is 24.3 Å². The fraction of sp³-hybridized carbons (Fsp3) is 0.381. The minimum atomic E-state index is -4.39. The van der Waals surface area contributed by atoms with E-state index in [0.717, 1.165) is 18.7 Å². The molecular weight excluding hydrogens is 419 g/mol. The topological polar surface area (TPSA) is 70.0 Å². The molecule has 30 heavy (non-hydrogen) atoms. The number of carbonyl (C=O) groups excluding carboxylic acids is 1. The molecule has 3 rings (SSSR count). The summed E-state index contributed by atoms with van der Waals surface area (Å²) in [4.78, 5) is 14.1. The molecule has 2 aromatic rings. The SMILES string of the molecule is CO.O=C(COc1ccc(CO)cc1)N1CCC(Sc2ccccc2C(F)(F)F)C1. The molecule has 0 saturated carbocycles. The molecule has 2 aromatic carbocycles. The number of hydrogen-bond acceptors (Lipinski definition) is 5. The molecule has 0 aliphatic carbocycles. The molecule has 0 radical (unpaired) electrons. The van der Waals surface area contributed by atoms with Gasteiger partial charge >= 0.3 is 6.18 Å². The van der Waals surface area contributed by atoms with Crippen molar-refractivity contribution in [1.29, 1.82) is 0 Å². The van der Waals surface area contributed by atoms with Crippen LogP contribution in [0.4, 0.5) is 13.2 Å². The third kappa shape index (κ3) is 6.65. The van der Waals surface area contributed by atoms with Gasteiger partial charge in [-0.25, -0.2) is 0 Å². The molecule has 1 aliphatic rings. The fourth-order valence-electron chi connectivity index (χ4n) is 2.96. The first-order chi connectivity index (χ1) is 14.4. The van der Waals surface area contributed by atoms with Crippen LogP contribution in [0, 0.1) is 0 Å². The highest BCUT2D eigenvalue weighted by Crippen LogP contribution is 2.39. The van der Waals surface area contributed by atoms with E-state index in [2.05, 4.69) is 0 Å². The quantitative estimate of drug-likeness (QED) is 0.714. The summed E-state index contributed by atoms with van der Waals surface area (Å²) in [6, 6.07) is 12.3. The van der Waals surface area contributed by atoms with Gasteiger partial charge in [0.25, 0.3) is 5.91 Å². The van der Waals surface area contributed by atoms with Gasteiger partial charge in [-0.2, -0.15) is 13.2 Å². The summed E-state index contributed by atoms with van der Waals surface area (Å²) in [5, 5.41) is 15.9. The second-order valence-corrected chi connectivity index (χ2v) is 7.80. The summed E-state index contributed by atoms with van der Waals surface area (Å²) >= 11 is 1.17. The van der Waals surface area contributed by atoms with Gasteiger partial charge in [0, 0.05) is 30.3 Å². The first-order valence-electron chi connectivity index (χ1n) is 9.25. The number of halogens is 3. The number of likely N-dealkylation sites (tertiary alicyclic amines) is 1. The van der Waals surface area contributed by atoms with Crippen LogP contribution in [0.15, 0.2) is 53.4 Å². The smallest absolute Gasteiger partial charge is 0.417 e. The number of thioether (sulfide) groups is 1. The summed E-state index contributed by atoms with van der Waals surface area (Å²) in [6.07, 6.45) is -3.76. The minimum Gasteiger partial charge on any atom is -0.484 e. The standard InChI is InChI=1S/C20H20F3NO3S.CH4O/c21-20(22,23)17-3-1-2-4-18(17)28-16-9-10-24(11-16)19(26)13-27-15-7-5-14(12-25)6-8-15;1-2/h1-8,16,25H,9-13H2;2H,1H3. The largest absolute Gasteiger partial charge is 0.484 e. The summed E-state index contributed by atoms with van der Waals surface area (Å²) < 4.78 is 44.9. The van der Waals surface area contributed by atoms with Gasteiger partial charge in [0.05, 0.1) is 12.2 Å². The Morgan fingerprint density at radius 1 is 1.17 bits per heavy atom. The summed E-state index contributed by atoms with van der Waals surface area (Å²) in [7, 11) is 1.00. The Balaban J connectivity index is 0.00000155. The zero-order valence-corrected chi connectivity index (χ0v) is 17.2. The molecule has 2 N–H and O–H groups in total. The van der Waals surface area contributed by atoms with E-state index in [9.17, 15) is 18.0 Å². The number of nitrogens with zero attached hydrogens (tertiary/aromatic N) is 1. The Morgan fingerprint density at radius 2 is 1.83 bits per heavy atom. The van der Waals surface area contributed by atoms with Crippen molar-refractivity contribution in [3.63, 3.8) is 0 Å². The Kier molecular flexibility index (Phi) is 9.01. The fourth-order valence-corrected chi connectivity index (χ4v) is 4.27. The van der Waals surface area contributed by atoms with Gasteiger partial charge in [0.1, 0.15) is 5.75 Å². The highest BCUT2D eigenvalue weighted by Gasteiger charge is 2.35. The Labute approximate surface area is 177 Å². The van der Waals surface area contributed by atoms with Crippen molar-refractivity contribution in [3.05, 3.63) is 59.7 Å². The zero-order valence-electron chi connectivity index (χ0n) is 16.4. The van der Waals surface area contributed by atoms with E-state index in [1.807, 2.05) is 0 Å². The van der Waals surface area contributed by atoms with E-state index in [0.29, 0.717) is 25.3 Å². The van der Waals surface area contributed by atoms with Crippen LogP contribution in [-0.2, 0) is 17.6 Å². The molecule has 1 unspecified atom stereocenters. The Hall–Kier alpha value is -2.23. The molecule has 9 heteroatoms. The van der Waals surface area contributed by atoms with Crippen LogP contribution in [0.1, 0.15) is 17.5 Å². The second kappa shape index (κ2) is 11.2. The molecule has 0 bridgehead atoms. The molecule has 0 aromatic heterocycles. The Morgan fingerprint density at radius 3 is 2.47 bits per heavy atom. The number of alkyl halides is 3. The first-order valence-corrected chi connectivity index (χ1v) is 10.1. The maximum absolute atomic E-state index is 13.1. The molecule has 1 aliphatic heterocycles.